The normalized spacial score (nSPS) is 21.4. The number of ketones is 2. The molecule has 0 bridgehead atoms. The summed E-state index contributed by atoms with van der Waals surface area (Å²) >= 11 is 1.60. The van der Waals surface area contributed by atoms with E-state index in [-0.39, 0.29) is 22.9 Å². The average Bonchev–Trinajstić information content (AvgIpc) is 3.49. The summed E-state index contributed by atoms with van der Waals surface area (Å²) in [6.45, 7) is 6.08. The van der Waals surface area contributed by atoms with Gasteiger partial charge in [-0.1, -0.05) is 24.5 Å². The zero-order chi connectivity index (χ0) is 21.3. The predicted octanol–water partition coefficient (Wildman–Crippen LogP) is 6.89. The Morgan fingerprint density at radius 2 is 1.90 bits per heavy atom. The molecule has 0 aliphatic heterocycles. The highest BCUT2D eigenvalue weighted by atomic mass is 32.1. The van der Waals surface area contributed by atoms with Gasteiger partial charge < -0.3 is 0 Å². The van der Waals surface area contributed by atoms with Crippen LogP contribution in [0.5, 0.6) is 0 Å². The third-order valence-corrected chi connectivity index (χ3v) is 7.11. The van der Waals surface area contributed by atoms with Crippen molar-refractivity contribution >= 4 is 38.6 Å². The van der Waals surface area contributed by atoms with Crippen molar-refractivity contribution in [1.29, 1.82) is 0 Å². The SMILES string of the molecule is CC(C)(C)C#CC(=O)C1CCCC(CC(=O)c2cc3cc(C4=C[CH]4)ccc3s2)CC1. The summed E-state index contributed by atoms with van der Waals surface area (Å²) in [4.78, 5) is 26.3. The zero-order valence-electron chi connectivity index (χ0n) is 18.1. The molecule has 2 aliphatic carbocycles. The molecule has 1 fully saturated rings. The number of fused-ring (bicyclic) bond motifs is 1. The maximum absolute atomic E-state index is 13.0. The van der Waals surface area contributed by atoms with Gasteiger partial charge in [0.25, 0.3) is 0 Å². The second-order valence-corrected chi connectivity index (χ2v) is 10.8. The lowest BCUT2D eigenvalue weighted by Gasteiger charge is -2.13. The van der Waals surface area contributed by atoms with Gasteiger partial charge in [-0.3, -0.25) is 9.59 Å². The molecule has 0 spiro atoms. The predicted molar refractivity (Wildman–Crippen MR) is 125 cm³/mol. The minimum absolute atomic E-state index is 0.0382. The van der Waals surface area contributed by atoms with E-state index in [9.17, 15) is 9.59 Å². The third-order valence-electron chi connectivity index (χ3n) is 5.95. The first kappa shape index (κ1) is 21.1. The molecular weight excluding hydrogens is 388 g/mol. The Labute approximate surface area is 183 Å². The standard InChI is InChI=1S/C27H29O2S/c1-27(2,3)14-13-23(28)20-6-4-5-18(7-8-20)15-24(29)26-17-22-16-21(19-9-10-19)11-12-25(22)30-26/h9-12,16-18,20H,4-8,15H2,1-3H3. The molecule has 1 saturated carbocycles. The summed E-state index contributed by atoms with van der Waals surface area (Å²) < 4.78 is 1.17. The number of hydrogen-bond donors (Lipinski definition) is 0. The van der Waals surface area contributed by atoms with Crippen LogP contribution >= 0.6 is 11.3 Å². The van der Waals surface area contributed by atoms with Crippen LogP contribution in [-0.4, -0.2) is 11.6 Å². The molecule has 155 valence electrons. The molecular formula is C27H29O2S. The molecule has 2 aromatic rings. The number of allylic oxidation sites excluding steroid dienone is 2. The number of Topliss-reactive ketones (excluding diaryl/α,β-unsaturated/α-hetero) is 2. The highest BCUT2D eigenvalue weighted by Gasteiger charge is 2.25. The van der Waals surface area contributed by atoms with E-state index in [0.717, 1.165) is 42.4 Å². The molecule has 0 amide bonds. The van der Waals surface area contributed by atoms with Crippen LogP contribution in [0.25, 0.3) is 15.7 Å². The fourth-order valence-corrected chi connectivity index (χ4v) is 5.14. The molecule has 4 rings (SSSR count). The van der Waals surface area contributed by atoms with E-state index in [4.69, 9.17) is 0 Å². The van der Waals surface area contributed by atoms with E-state index >= 15 is 0 Å². The molecule has 3 heteroatoms. The Bertz CT molecular complexity index is 1070. The highest BCUT2D eigenvalue weighted by Crippen LogP contribution is 2.36. The van der Waals surface area contributed by atoms with E-state index in [1.54, 1.807) is 11.3 Å². The van der Waals surface area contributed by atoms with Crippen molar-refractivity contribution in [2.45, 2.75) is 59.3 Å². The van der Waals surface area contributed by atoms with E-state index < -0.39 is 0 Å². The van der Waals surface area contributed by atoms with E-state index in [1.165, 1.54) is 15.8 Å². The fourth-order valence-electron chi connectivity index (χ4n) is 4.15. The second-order valence-electron chi connectivity index (χ2n) is 9.71. The molecule has 2 nitrogen and oxygen atoms in total. The third kappa shape index (κ3) is 5.29. The van der Waals surface area contributed by atoms with Gasteiger partial charge in [0, 0.05) is 28.9 Å². The molecule has 1 aromatic heterocycles. The van der Waals surface area contributed by atoms with Gasteiger partial charge in [0.2, 0.25) is 5.78 Å². The number of carbonyl (C=O) groups excluding carboxylic acids is 2. The van der Waals surface area contributed by atoms with Crippen LogP contribution in [0, 0.1) is 35.5 Å². The molecule has 30 heavy (non-hydrogen) atoms. The number of rotatable bonds is 5. The first-order valence-corrected chi connectivity index (χ1v) is 11.8. The van der Waals surface area contributed by atoms with Gasteiger partial charge in [0.15, 0.2) is 5.78 Å². The van der Waals surface area contributed by atoms with Gasteiger partial charge in [-0.25, -0.2) is 0 Å². The zero-order valence-corrected chi connectivity index (χ0v) is 18.9. The largest absolute Gasteiger partial charge is 0.293 e. The molecule has 2 unspecified atom stereocenters. The minimum Gasteiger partial charge on any atom is -0.293 e. The Hall–Kier alpha value is -2.18. The lowest BCUT2D eigenvalue weighted by molar-refractivity contribution is -0.117. The molecule has 1 heterocycles. The molecule has 0 N–H and O–H groups in total. The first-order valence-electron chi connectivity index (χ1n) is 11.0. The quantitative estimate of drug-likeness (QED) is 0.230. The van der Waals surface area contributed by atoms with Crippen molar-refractivity contribution in [3.63, 3.8) is 0 Å². The second kappa shape index (κ2) is 8.52. The van der Waals surface area contributed by atoms with E-state index in [1.807, 2.05) is 20.8 Å². The van der Waals surface area contributed by atoms with Crippen LogP contribution in [0.15, 0.2) is 30.3 Å². The fraction of sp³-hybridized carbons (Fsp3) is 0.444. The molecule has 1 aromatic carbocycles. The van der Waals surface area contributed by atoms with Gasteiger partial charge >= 0.3 is 0 Å². The Morgan fingerprint density at radius 1 is 1.10 bits per heavy atom. The van der Waals surface area contributed by atoms with Crippen LogP contribution < -0.4 is 0 Å². The van der Waals surface area contributed by atoms with Crippen molar-refractivity contribution in [3.8, 4) is 11.8 Å². The van der Waals surface area contributed by atoms with Crippen molar-refractivity contribution in [2.75, 3.05) is 0 Å². The van der Waals surface area contributed by atoms with Crippen LogP contribution in [0.2, 0.25) is 0 Å². The van der Waals surface area contributed by atoms with E-state index in [0.29, 0.717) is 12.3 Å². The first-order chi connectivity index (χ1) is 14.3. The molecule has 2 aliphatic rings. The van der Waals surface area contributed by atoms with Crippen molar-refractivity contribution in [3.05, 3.63) is 47.2 Å². The van der Waals surface area contributed by atoms with Crippen LogP contribution in [0.4, 0.5) is 0 Å². The number of carbonyl (C=O) groups is 2. The summed E-state index contributed by atoms with van der Waals surface area (Å²) in [6.07, 6.45) is 9.55. The van der Waals surface area contributed by atoms with Crippen molar-refractivity contribution in [2.24, 2.45) is 17.3 Å². The monoisotopic (exact) mass is 417 g/mol. The number of hydrogen-bond acceptors (Lipinski definition) is 3. The van der Waals surface area contributed by atoms with Gasteiger partial charge in [0.1, 0.15) is 0 Å². The van der Waals surface area contributed by atoms with Crippen LogP contribution in [-0.2, 0) is 4.79 Å². The van der Waals surface area contributed by atoms with Gasteiger partial charge in [-0.2, -0.15) is 0 Å². The summed E-state index contributed by atoms with van der Waals surface area (Å²) in [5.41, 5.74) is 2.37. The lowest BCUT2D eigenvalue weighted by atomic mass is 9.91. The van der Waals surface area contributed by atoms with E-state index in [2.05, 4.69) is 48.6 Å². The minimum atomic E-state index is -0.145. The number of thiophene rings is 1. The van der Waals surface area contributed by atoms with Crippen molar-refractivity contribution < 1.29 is 9.59 Å². The summed E-state index contributed by atoms with van der Waals surface area (Å²) in [7, 11) is 0. The Kier molecular flexibility index (Phi) is 5.98. The average molecular weight is 418 g/mol. The summed E-state index contributed by atoms with van der Waals surface area (Å²) in [6, 6.07) is 8.49. The van der Waals surface area contributed by atoms with Crippen LogP contribution in [0.1, 0.15) is 74.5 Å². The molecule has 2 atom stereocenters. The van der Waals surface area contributed by atoms with Gasteiger partial charge in [-0.15, -0.1) is 11.3 Å². The smallest absolute Gasteiger partial charge is 0.208 e. The number of benzene rings is 1. The topological polar surface area (TPSA) is 34.1 Å². The highest BCUT2D eigenvalue weighted by molar-refractivity contribution is 7.20. The molecule has 1 radical (unpaired) electrons. The molecule has 0 saturated heterocycles. The summed E-state index contributed by atoms with van der Waals surface area (Å²) in [5, 5.41) is 1.16. The van der Waals surface area contributed by atoms with Gasteiger partial charge in [-0.05, 0) is 93.0 Å². The Balaban J connectivity index is 1.37. The summed E-state index contributed by atoms with van der Waals surface area (Å²) in [5.74, 6) is 6.69. The lowest BCUT2D eigenvalue weighted by Crippen LogP contribution is -2.13. The van der Waals surface area contributed by atoms with Gasteiger partial charge in [0.05, 0.1) is 4.88 Å². The van der Waals surface area contributed by atoms with Crippen molar-refractivity contribution in [1.82, 2.24) is 0 Å². The van der Waals surface area contributed by atoms with Crippen LogP contribution in [0.3, 0.4) is 0 Å². The maximum atomic E-state index is 13.0. The maximum Gasteiger partial charge on any atom is 0.208 e. The Morgan fingerprint density at radius 3 is 2.63 bits per heavy atom.